The monoisotopic (exact) mass is 380 g/mol. The van der Waals surface area contributed by atoms with Crippen molar-refractivity contribution < 1.29 is 23.9 Å². The molecular weight excluding hydrogens is 360 g/mol. The van der Waals surface area contributed by atoms with Crippen molar-refractivity contribution in [3.05, 3.63) is 48.0 Å². The van der Waals surface area contributed by atoms with Crippen molar-refractivity contribution in [1.82, 2.24) is 0 Å². The SMILES string of the molecule is CC(=O)c1ccc(NC(=O)C2(C(=O)Nc3ccc4c(c3)OCCO4)CC2)cc1. The zero-order valence-corrected chi connectivity index (χ0v) is 15.4. The van der Waals surface area contributed by atoms with Gasteiger partial charge in [-0.1, -0.05) is 0 Å². The van der Waals surface area contributed by atoms with Crippen LogP contribution in [0.1, 0.15) is 30.1 Å². The lowest BCUT2D eigenvalue weighted by Gasteiger charge is -2.20. The van der Waals surface area contributed by atoms with Crippen molar-refractivity contribution in [1.29, 1.82) is 0 Å². The molecule has 1 fully saturated rings. The van der Waals surface area contributed by atoms with Gasteiger partial charge in [0, 0.05) is 23.0 Å². The number of hydrogen-bond donors (Lipinski definition) is 2. The quantitative estimate of drug-likeness (QED) is 0.614. The van der Waals surface area contributed by atoms with Crippen LogP contribution in [0, 0.1) is 5.41 Å². The van der Waals surface area contributed by atoms with Crippen molar-refractivity contribution in [3.63, 3.8) is 0 Å². The largest absolute Gasteiger partial charge is 0.486 e. The third kappa shape index (κ3) is 3.43. The van der Waals surface area contributed by atoms with Gasteiger partial charge in [0.25, 0.3) is 0 Å². The van der Waals surface area contributed by atoms with Crippen LogP contribution in [0.25, 0.3) is 0 Å². The molecule has 2 aromatic carbocycles. The predicted octanol–water partition coefficient (Wildman–Crippen LogP) is 3.02. The summed E-state index contributed by atoms with van der Waals surface area (Å²) < 4.78 is 11.0. The summed E-state index contributed by atoms with van der Waals surface area (Å²) in [5.74, 6) is 0.469. The Bertz CT molecular complexity index is 948. The second-order valence-corrected chi connectivity index (χ2v) is 6.98. The molecule has 28 heavy (non-hydrogen) atoms. The van der Waals surface area contributed by atoms with E-state index >= 15 is 0 Å². The van der Waals surface area contributed by atoms with E-state index < -0.39 is 5.41 Å². The molecule has 0 saturated heterocycles. The van der Waals surface area contributed by atoms with E-state index in [1.54, 1.807) is 42.5 Å². The average Bonchev–Trinajstić information content (AvgIpc) is 3.50. The summed E-state index contributed by atoms with van der Waals surface area (Å²) in [5, 5.41) is 5.58. The molecule has 0 radical (unpaired) electrons. The number of ketones is 1. The van der Waals surface area contributed by atoms with Crippen LogP contribution in [-0.2, 0) is 9.59 Å². The van der Waals surface area contributed by atoms with E-state index in [-0.39, 0.29) is 17.6 Å². The van der Waals surface area contributed by atoms with Gasteiger partial charge in [-0.2, -0.15) is 0 Å². The van der Waals surface area contributed by atoms with Gasteiger partial charge in [0.1, 0.15) is 18.6 Å². The Labute approximate surface area is 162 Å². The number of amides is 2. The molecule has 144 valence electrons. The average molecular weight is 380 g/mol. The molecule has 2 amide bonds. The molecule has 4 rings (SSSR count). The van der Waals surface area contributed by atoms with Crippen LogP contribution in [-0.4, -0.2) is 30.8 Å². The zero-order chi connectivity index (χ0) is 19.7. The fourth-order valence-corrected chi connectivity index (χ4v) is 3.09. The highest BCUT2D eigenvalue weighted by Gasteiger charge is 2.56. The number of hydrogen-bond acceptors (Lipinski definition) is 5. The maximum Gasteiger partial charge on any atom is 0.240 e. The van der Waals surface area contributed by atoms with Gasteiger partial charge in [-0.05, 0) is 56.2 Å². The third-order valence-corrected chi connectivity index (χ3v) is 4.97. The summed E-state index contributed by atoms with van der Waals surface area (Å²) in [6, 6.07) is 11.8. The topological polar surface area (TPSA) is 93.7 Å². The van der Waals surface area contributed by atoms with Crippen LogP contribution in [0.3, 0.4) is 0 Å². The molecule has 0 spiro atoms. The van der Waals surface area contributed by atoms with Crippen molar-refractivity contribution in [2.24, 2.45) is 5.41 Å². The van der Waals surface area contributed by atoms with E-state index in [0.717, 1.165) is 0 Å². The number of rotatable bonds is 5. The lowest BCUT2D eigenvalue weighted by Crippen LogP contribution is -2.35. The van der Waals surface area contributed by atoms with Crippen LogP contribution >= 0.6 is 0 Å². The number of carbonyl (C=O) groups is 3. The van der Waals surface area contributed by atoms with E-state index in [1.807, 2.05) is 0 Å². The number of ether oxygens (including phenoxy) is 2. The first kappa shape index (κ1) is 18.0. The summed E-state index contributed by atoms with van der Waals surface area (Å²) in [5.41, 5.74) is 0.593. The minimum absolute atomic E-state index is 0.0460. The molecule has 1 heterocycles. The Hall–Kier alpha value is -3.35. The van der Waals surface area contributed by atoms with Gasteiger partial charge >= 0.3 is 0 Å². The van der Waals surface area contributed by atoms with Crippen molar-refractivity contribution in [2.75, 3.05) is 23.8 Å². The van der Waals surface area contributed by atoms with Gasteiger partial charge in [-0.15, -0.1) is 0 Å². The maximum atomic E-state index is 12.8. The minimum Gasteiger partial charge on any atom is -0.486 e. The molecule has 1 aliphatic heterocycles. The second-order valence-electron chi connectivity index (χ2n) is 6.98. The van der Waals surface area contributed by atoms with Gasteiger partial charge < -0.3 is 20.1 Å². The molecule has 2 aliphatic rings. The Kier molecular flexibility index (Phi) is 4.50. The van der Waals surface area contributed by atoms with Gasteiger partial charge in [0.05, 0.1) is 0 Å². The fourth-order valence-electron chi connectivity index (χ4n) is 3.09. The van der Waals surface area contributed by atoms with E-state index in [0.29, 0.717) is 54.5 Å². The molecule has 0 atom stereocenters. The number of anilines is 2. The first-order valence-corrected chi connectivity index (χ1v) is 9.11. The molecule has 2 aromatic rings. The molecule has 1 saturated carbocycles. The first-order valence-electron chi connectivity index (χ1n) is 9.11. The standard InChI is InChI=1S/C21H20N2O5/c1-13(24)14-2-4-15(5-3-14)22-19(25)21(8-9-21)20(26)23-16-6-7-17-18(12-16)28-11-10-27-17/h2-7,12H,8-11H2,1H3,(H,22,25)(H,23,26). The Morgan fingerprint density at radius 1 is 0.821 bits per heavy atom. The van der Waals surface area contributed by atoms with Crippen LogP contribution < -0.4 is 20.1 Å². The van der Waals surface area contributed by atoms with Crippen LogP contribution in [0.2, 0.25) is 0 Å². The normalized spacial score (nSPS) is 16.0. The van der Waals surface area contributed by atoms with Crippen LogP contribution in [0.15, 0.2) is 42.5 Å². The van der Waals surface area contributed by atoms with Crippen LogP contribution in [0.5, 0.6) is 11.5 Å². The van der Waals surface area contributed by atoms with E-state index in [1.165, 1.54) is 6.92 Å². The third-order valence-electron chi connectivity index (χ3n) is 4.97. The summed E-state index contributed by atoms with van der Waals surface area (Å²) >= 11 is 0. The fraction of sp³-hybridized carbons (Fsp3) is 0.286. The number of carbonyl (C=O) groups excluding carboxylic acids is 3. The van der Waals surface area contributed by atoms with Crippen molar-refractivity contribution >= 4 is 29.0 Å². The first-order chi connectivity index (χ1) is 13.5. The highest BCUT2D eigenvalue weighted by molar-refractivity contribution is 6.17. The lowest BCUT2D eigenvalue weighted by molar-refractivity contribution is -0.131. The molecule has 0 bridgehead atoms. The number of benzene rings is 2. The molecule has 7 nitrogen and oxygen atoms in total. The van der Waals surface area contributed by atoms with Crippen LogP contribution in [0.4, 0.5) is 11.4 Å². The minimum atomic E-state index is -1.08. The molecule has 0 aromatic heterocycles. The van der Waals surface area contributed by atoms with E-state index in [4.69, 9.17) is 9.47 Å². The van der Waals surface area contributed by atoms with Gasteiger partial charge in [0.2, 0.25) is 11.8 Å². The smallest absolute Gasteiger partial charge is 0.240 e. The Morgan fingerprint density at radius 2 is 1.39 bits per heavy atom. The molecule has 2 N–H and O–H groups in total. The molecular formula is C21H20N2O5. The highest BCUT2D eigenvalue weighted by atomic mass is 16.6. The van der Waals surface area contributed by atoms with Crippen molar-refractivity contribution in [2.45, 2.75) is 19.8 Å². The second kappa shape index (κ2) is 6.99. The molecule has 0 unspecified atom stereocenters. The number of fused-ring (bicyclic) bond motifs is 1. The predicted molar refractivity (Wildman–Crippen MR) is 103 cm³/mol. The summed E-state index contributed by atoms with van der Waals surface area (Å²) in [7, 11) is 0. The van der Waals surface area contributed by atoms with Crippen molar-refractivity contribution in [3.8, 4) is 11.5 Å². The summed E-state index contributed by atoms with van der Waals surface area (Å²) in [6.07, 6.45) is 0.974. The Balaban J connectivity index is 1.43. The molecule has 1 aliphatic carbocycles. The van der Waals surface area contributed by atoms with Gasteiger partial charge in [0.15, 0.2) is 17.3 Å². The van der Waals surface area contributed by atoms with E-state index in [9.17, 15) is 14.4 Å². The lowest BCUT2D eigenvalue weighted by atomic mass is 10.0. The zero-order valence-electron chi connectivity index (χ0n) is 15.4. The van der Waals surface area contributed by atoms with Gasteiger partial charge in [-0.3, -0.25) is 14.4 Å². The number of Topliss-reactive ketones (excluding diaryl/α,β-unsaturated/α-hetero) is 1. The Morgan fingerprint density at radius 3 is 2.00 bits per heavy atom. The summed E-state index contributed by atoms with van der Waals surface area (Å²) in [4.78, 5) is 36.8. The van der Waals surface area contributed by atoms with E-state index in [2.05, 4.69) is 10.6 Å². The maximum absolute atomic E-state index is 12.8. The highest BCUT2D eigenvalue weighted by Crippen LogP contribution is 2.47. The molecule has 7 heteroatoms. The van der Waals surface area contributed by atoms with Gasteiger partial charge in [-0.25, -0.2) is 0 Å². The summed E-state index contributed by atoms with van der Waals surface area (Å²) in [6.45, 7) is 2.43. The number of nitrogens with one attached hydrogen (secondary N) is 2.